The standard InChI is InChI=1S/C15H15.Sb.2H/c1-2-15(13-9-5-3-6-10-13)14-11-7-4-8-12-14;;;/h3-12H,2H2,1H3;;;. The van der Waals surface area contributed by atoms with Crippen LogP contribution in [0.2, 0.25) is 0 Å². The van der Waals surface area contributed by atoms with Gasteiger partial charge in [-0.15, -0.1) is 0 Å². The van der Waals surface area contributed by atoms with Crippen molar-refractivity contribution in [1.82, 2.24) is 0 Å². The van der Waals surface area contributed by atoms with Crippen LogP contribution in [-0.2, 0) is 3.36 Å². The van der Waals surface area contributed by atoms with Crippen LogP contribution in [0.15, 0.2) is 60.7 Å². The summed E-state index contributed by atoms with van der Waals surface area (Å²) < 4.78 is 0.257. The molecule has 82 valence electrons. The van der Waals surface area contributed by atoms with Gasteiger partial charge in [0.1, 0.15) is 0 Å². The monoisotopic (exact) mass is 318 g/mol. The fraction of sp³-hybridized carbons (Fsp3) is 0.200. The predicted molar refractivity (Wildman–Crippen MR) is 72.5 cm³/mol. The van der Waals surface area contributed by atoms with E-state index in [1.54, 1.807) is 0 Å². The summed E-state index contributed by atoms with van der Waals surface area (Å²) in [6.07, 6.45) is 1.17. The molecule has 0 radical (unpaired) electrons. The molecular weight excluding hydrogens is 302 g/mol. The summed E-state index contributed by atoms with van der Waals surface area (Å²) >= 11 is 1.22. The molecule has 0 aliphatic heterocycles. The molecule has 0 saturated carbocycles. The van der Waals surface area contributed by atoms with E-state index in [1.807, 2.05) is 0 Å². The molecule has 0 aliphatic carbocycles. The van der Waals surface area contributed by atoms with Gasteiger partial charge in [0.05, 0.1) is 0 Å². The van der Waals surface area contributed by atoms with E-state index in [1.165, 1.54) is 40.6 Å². The van der Waals surface area contributed by atoms with Crippen LogP contribution in [0.3, 0.4) is 0 Å². The van der Waals surface area contributed by atoms with Crippen LogP contribution in [0.5, 0.6) is 0 Å². The van der Waals surface area contributed by atoms with Gasteiger partial charge in [0.2, 0.25) is 0 Å². The Bertz CT molecular complexity index is 394. The Labute approximate surface area is 111 Å². The van der Waals surface area contributed by atoms with Crippen molar-refractivity contribution in [3.05, 3.63) is 71.8 Å². The number of rotatable bonds is 3. The van der Waals surface area contributed by atoms with Gasteiger partial charge in [-0.2, -0.15) is 0 Å². The van der Waals surface area contributed by atoms with Crippen molar-refractivity contribution in [3.63, 3.8) is 0 Å². The number of hydrogen-bond donors (Lipinski definition) is 0. The number of benzene rings is 2. The molecule has 0 N–H and O–H groups in total. The van der Waals surface area contributed by atoms with Crippen LogP contribution >= 0.6 is 0 Å². The predicted octanol–water partition coefficient (Wildman–Crippen LogP) is 2.97. The maximum atomic E-state index is 2.28. The summed E-state index contributed by atoms with van der Waals surface area (Å²) in [6.45, 7) is 2.28. The third kappa shape index (κ3) is 2.18. The SMILES string of the molecule is CC[C]([SbH2])(c1ccccc1)c1ccccc1. The molecule has 0 nitrogen and oxygen atoms in total. The summed E-state index contributed by atoms with van der Waals surface area (Å²) in [5.41, 5.74) is 2.90. The molecule has 0 aromatic heterocycles. The van der Waals surface area contributed by atoms with Gasteiger partial charge in [-0.1, -0.05) is 0 Å². The third-order valence-electron chi connectivity index (χ3n) is 3.14. The van der Waals surface area contributed by atoms with Crippen LogP contribution in [0.1, 0.15) is 24.5 Å². The van der Waals surface area contributed by atoms with Crippen molar-refractivity contribution in [1.29, 1.82) is 0 Å². The molecule has 2 aromatic rings. The molecule has 0 unspecified atom stereocenters. The van der Waals surface area contributed by atoms with Gasteiger partial charge in [0.15, 0.2) is 0 Å². The fourth-order valence-electron chi connectivity index (χ4n) is 2.05. The van der Waals surface area contributed by atoms with E-state index in [0.717, 1.165) is 0 Å². The minimum atomic E-state index is 0.257. The molecule has 0 aliphatic rings. The van der Waals surface area contributed by atoms with Crippen molar-refractivity contribution in [2.24, 2.45) is 0 Å². The molecule has 2 rings (SSSR count). The van der Waals surface area contributed by atoms with Gasteiger partial charge in [0, 0.05) is 0 Å². The zero-order valence-electron chi connectivity index (χ0n) is 9.56. The molecule has 16 heavy (non-hydrogen) atoms. The Morgan fingerprint density at radius 1 is 0.812 bits per heavy atom. The van der Waals surface area contributed by atoms with Gasteiger partial charge < -0.3 is 0 Å². The van der Waals surface area contributed by atoms with Crippen molar-refractivity contribution >= 4 is 23.0 Å². The second-order valence-electron chi connectivity index (χ2n) is 4.06. The molecule has 0 bridgehead atoms. The van der Waals surface area contributed by atoms with Gasteiger partial charge >= 0.3 is 112 Å². The van der Waals surface area contributed by atoms with E-state index >= 15 is 0 Å². The first-order chi connectivity index (χ1) is 7.77. The molecule has 0 fully saturated rings. The molecular formula is C15H17Sb. The molecule has 0 amide bonds. The molecule has 1 heteroatoms. The number of hydrogen-bond acceptors (Lipinski definition) is 0. The quantitative estimate of drug-likeness (QED) is 0.763. The Morgan fingerprint density at radius 2 is 1.19 bits per heavy atom. The normalized spacial score (nSPS) is 11.4. The van der Waals surface area contributed by atoms with E-state index < -0.39 is 0 Å². The second-order valence-corrected chi connectivity index (χ2v) is 6.87. The summed E-state index contributed by atoms with van der Waals surface area (Å²) in [4.78, 5) is 0. The first-order valence-corrected chi connectivity index (χ1v) is 7.32. The first kappa shape index (κ1) is 11.7. The topological polar surface area (TPSA) is 0 Å². The van der Waals surface area contributed by atoms with Gasteiger partial charge in [-0.3, -0.25) is 0 Å². The van der Waals surface area contributed by atoms with E-state index in [2.05, 4.69) is 67.6 Å². The average Bonchev–Trinajstić information content (AvgIpc) is 2.40. The van der Waals surface area contributed by atoms with Crippen molar-refractivity contribution in [2.45, 2.75) is 16.7 Å². The van der Waals surface area contributed by atoms with E-state index in [0.29, 0.717) is 0 Å². The molecule has 0 spiro atoms. The van der Waals surface area contributed by atoms with E-state index in [4.69, 9.17) is 0 Å². The first-order valence-electron chi connectivity index (χ1n) is 5.67. The zero-order valence-corrected chi connectivity index (χ0v) is 12.9. The Kier molecular flexibility index (Phi) is 3.71. The van der Waals surface area contributed by atoms with Gasteiger partial charge in [-0.25, -0.2) is 0 Å². The van der Waals surface area contributed by atoms with Crippen molar-refractivity contribution in [3.8, 4) is 0 Å². The van der Waals surface area contributed by atoms with Crippen molar-refractivity contribution < 1.29 is 0 Å². The van der Waals surface area contributed by atoms with Crippen molar-refractivity contribution in [2.75, 3.05) is 0 Å². The van der Waals surface area contributed by atoms with Gasteiger partial charge in [-0.05, 0) is 0 Å². The summed E-state index contributed by atoms with van der Waals surface area (Å²) in [7, 11) is 0. The molecule has 0 heterocycles. The van der Waals surface area contributed by atoms with Crippen LogP contribution < -0.4 is 0 Å². The Hall–Kier alpha value is -0.742. The third-order valence-corrected chi connectivity index (χ3v) is 6.20. The molecule has 2 aromatic carbocycles. The average molecular weight is 319 g/mol. The van der Waals surface area contributed by atoms with E-state index in [9.17, 15) is 0 Å². The summed E-state index contributed by atoms with van der Waals surface area (Å²) in [6, 6.07) is 21.7. The van der Waals surface area contributed by atoms with Crippen LogP contribution in [0.4, 0.5) is 0 Å². The zero-order chi connectivity index (χ0) is 11.4. The van der Waals surface area contributed by atoms with Gasteiger partial charge in [0.25, 0.3) is 0 Å². The maximum absolute atomic E-state index is 2.28. The van der Waals surface area contributed by atoms with E-state index in [-0.39, 0.29) is 3.36 Å². The summed E-state index contributed by atoms with van der Waals surface area (Å²) in [5.74, 6) is 0. The fourth-order valence-corrected chi connectivity index (χ4v) is 3.14. The molecule has 0 saturated heterocycles. The van der Waals surface area contributed by atoms with Crippen LogP contribution in [0.25, 0.3) is 0 Å². The minimum absolute atomic E-state index is 0.257. The van der Waals surface area contributed by atoms with Crippen LogP contribution in [-0.4, -0.2) is 23.0 Å². The Balaban J connectivity index is 2.49. The van der Waals surface area contributed by atoms with Crippen LogP contribution in [0, 0.1) is 0 Å². The Morgan fingerprint density at radius 3 is 1.50 bits per heavy atom. The summed E-state index contributed by atoms with van der Waals surface area (Å²) in [5, 5.41) is 0. The second kappa shape index (κ2) is 5.06. The molecule has 0 atom stereocenters.